The smallest absolute Gasteiger partial charge is 0.156 e. The Balaban J connectivity index is 1.90. The van der Waals surface area contributed by atoms with Crippen LogP contribution in [0.3, 0.4) is 0 Å². The van der Waals surface area contributed by atoms with E-state index in [4.69, 9.17) is 0 Å². The van der Waals surface area contributed by atoms with Crippen LogP contribution < -0.4 is 5.32 Å². The summed E-state index contributed by atoms with van der Waals surface area (Å²) in [6.45, 7) is 11.0. The highest BCUT2D eigenvalue weighted by Gasteiger charge is 2.67. The molecule has 3 aliphatic rings. The van der Waals surface area contributed by atoms with E-state index >= 15 is 0 Å². The predicted molar refractivity (Wildman–Crippen MR) is 67.8 cm³/mol. The molecule has 3 fully saturated rings. The van der Waals surface area contributed by atoms with Crippen molar-refractivity contribution in [1.82, 2.24) is 10.2 Å². The highest BCUT2D eigenvalue weighted by molar-refractivity contribution is 5.94. The zero-order valence-corrected chi connectivity index (χ0v) is 11.3. The van der Waals surface area contributed by atoms with Crippen LogP contribution >= 0.6 is 0 Å². The molecule has 3 atom stereocenters. The van der Waals surface area contributed by atoms with E-state index in [1.165, 1.54) is 6.42 Å². The molecule has 0 aromatic heterocycles. The highest BCUT2D eigenvalue weighted by atomic mass is 16.1. The molecule has 0 radical (unpaired) electrons. The number of piperazine rings is 1. The fourth-order valence-corrected chi connectivity index (χ4v) is 4.42. The van der Waals surface area contributed by atoms with Crippen molar-refractivity contribution >= 4 is 5.78 Å². The number of hydrogen-bond donors (Lipinski definition) is 1. The first-order valence-electron chi connectivity index (χ1n) is 6.97. The molecule has 17 heavy (non-hydrogen) atoms. The normalized spacial score (nSPS) is 45.5. The van der Waals surface area contributed by atoms with Crippen molar-refractivity contribution < 1.29 is 4.79 Å². The zero-order chi connectivity index (χ0) is 12.3. The van der Waals surface area contributed by atoms with Crippen LogP contribution in [-0.4, -0.2) is 42.9 Å². The summed E-state index contributed by atoms with van der Waals surface area (Å²) in [6, 6.07) is 0.214. The summed E-state index contributed by atoms with van der Waals surface area (Å²) in [5.74, 6) is 1.11. The molecule has 1 heterocycles. The number of nitrogens with zero attached hydrogens (tertiary/aromatic N) is 1. The van der Waals surface area contributed by atoms with Gasteiger partial charge >= 0.3 is 0 Å². The van der Waals surface area contributed by atoms with Crippen molar-refractivity contribution in [2.24, 2.45) is 16.7 Å². The lowest BCUT2D eigenvalue weighted by Crippen LogP contribution is -2.54. The van der Waals surface area contributed by atoms with Crippen molar-refractivity contribution in [2.45, 2.75) is 39.7 Å². The van der Waals surface area contributed by atoms with Crippen LogP contribution in [0.1, 0.15) is 33.6 Å². The van der Waals surface area contributed by atoms with Crippen LogP contribution in [0.4, 0.5) is 0 Å². The Hall–Kier alpha value is -0.410. The van der Waals surface area contributed by atoms with E-state index in [0.717, 1.165) is 32.6 Å². The molecule has 1 saturated heterocycles. The van der Waals surface area contributed by atoms with Gasteiger partial charge < -0.3 is 5.32 Å². The first-order valence-corrected chi connectivity index (χ1v) is 6.97. The van der Waals surface area contributed by atoms with Crippen molar-refractivity contribution in [1.29, 1.82) is 0 Å². The second-order valence-electron chi connectivity index (χ2n) is 6.79. The second kappa shape index (κ2) is 3.55. The third kappa shape index (κ3) is 1.33. The van der Waals surface area contributed by atoms with Gasteiger partial charge in [-0.05, 0) is 24.2 Å². The number of nitrogens with one attached hydrogen (secondary N) is 1. The van der Waals surface area contributed by atoms with Crippen LogP contribution in [-0.2, 0) is 4.79 Å². The van der Waals surface area contributed by atoms with Gasteiger partial charge in [-0.1, -0.05) is 20.8 Å². The summed E-state index contributed by atoms with van der Waals surface area (Å²) in [6.07, 6.45) is 2.34. The first-order chi connectivity index (χ1) is 7.98. The lowest BCUT2D eigenvalue weighted by atomic mass is 9.70. The lowest BCUT2D eigenvalue weighted by molar-refractivity contribution is -0.133. The Kier molecular flexibility index (Phi) is 2.43. The molecular formula is C14H24N2O. The molecule has 96 valence electrons. The molecule has 3 heteroatoms. The highest BCUT2D eigenvalue weighted by Crippen LogP contribution is 2.64. The molecule has 0 unspecified atom stereocenters. The standard InChI is InChI=1S/C14H24N2O/c1-13(2)10-4-5-14(13,3)12(17)11(10)16-8-6-15-7-9-16/h10-11,15H,4-9H2,1-3H3/t10-,11+,14+/m0/s1. The summed E-state index contributed by atoms with van der Waals surface area (Å²) >= 11 is 0. The van der Waals surface area contributed by atoms with E-state index < -0.39 is 0 Å². The van der Waals surface area contributed by atoms with E-state index in [9.17, 15) is 4.79 Å². The Bertz CT molecular complexity index is 346. The minimum absolute atomic E-state index is 0.0623. The SMILES string of the molecule is CC1(C)[C@H]2CC[C@]1(C)C(=O)[C@@H]2N1CCNCC1. The number of ketones is 1. The molecule has 2 saturated carbocycles. The topological polar surface area (TPSA) is 32.3 Å². The third-order valence-corrected chi connectivity index (χ3v) is 6.04. The number of Topliss-reactive ketones (excluding diaryl/α,β-unsaturated/α-hetero) is 1. The van der Waals surface area contributed by atoms with Gasteiger partial charge in [0, 0.05) is 31.6 Å². The molecule has 0 spiro atoms. The quantitative estimate of drug-likeness (QED) is 0.744. The number of fused-ring (bicyclic) bond motifs is 2. The Morgan fingerprint density at radius 1 is 1.24 bits per heavy atom. The van der Waals surface area contributed by atoms with Gasteiger partial charge in [0.2, 0.25) is 0 Å². The maximum Gasteiger partial charge on any atom is 0.156 e. The molecule has 2 aliphatic carbocycles. The fourth-order valence-electron chi connectivity index (χ4n) is 4.42. The Morgan fingerprint density at radius 2 is 1.88 bits per heavy atom. The molecule has 2 bridgehead atoms. The number of rotatable bonds is 1. The maximum absolute atomic E-state index is 12.7. The molecule has 0 aromatic carbocycles. The van der Waals surface area contributed by atoms with E-state index in [-0.39, 0.29) is 16.9 Å². The van der Waals surface area contributed by atoms with Gasteiger partial charge in [-0.25, -0.2) is 0 Å². The number of carbonyl (C=O) groups excluding carboxylic acids is 1. The van der Waals surface area contributed by atoms with Gasteiger partial charge in [0.25, 0.3) is 0 Å². The minimum atomic E-state index is -0.0623. The molecule has 0 aromatic rings. The third-order valence-electron chi connectivity index (χ3n) is 6.04. The first kappa shape index (κ1) is 11.7. The summed E-state index contributed by atoms with van der Waals surface area (Å²) in [7, 11) is 0. The number of hydrogen-bond acceptors (Lipinski definition) is 3. The minimum Gasteiger partial charge on any atom is -0.314 e. The summed E-state index contributed by atoms with van der Waals surface area (Å²) in [5.41, 5.74) is 0.132. The van der Waals surface area contributed by atoms with Gasteiger partial charge in [-0.2, -0.15) is 0 Å². The monoisotopic (exact) mass is 236 g/mol. The van der Waals surface area contributed by atoms with Crippen LogP contribution in [0, 0.1) is 16.7 Å². The lowest BCUT2D eigenvalue weighted by Gasteiger charge is -2.37. The summed E-state index contributed by atoms with van der Waals surface area (Å²) in [4.78, 5) is 15.2. The summed E-state index contributed by atoms with van der Waals surface area (Å²) < 4.78 is 0. The van der Waals surface area contributed by atoms with Crippen molar-refractivity contribution in [3.8, 4) is 0 Å². The van der Waals surface area contributed by atoms with Crippen LogP contribution in [0.5, 0.6) is 0 Å². The number of carbonyl (C=O) groups is 1. The van der Waals surface area contributed by atoms with E-state index in [0.29, 0.717) is 11.7 Å². The summed E-state index contributed by atoms with van der Waals surface area (Å²) in [5, 5.41) is 3.37. The molecular weight excluding hydrogens is 212 g/mol. The van der Waals surface area contributed by atoms with E-state index in [2.05, 4.69) is 31.0 Å². The van der Waals surface area contributed by atoms with E-state index in [1.807, 2.05) is 0 Å². The maximum atomic E-state index is 12.7. The Labute approximate surface area is 104 Å². The molecule has 0 amide bonds. The van der Waals surface area contributed by atoms with Gasteiger partial charge in [0.05, 0.1) is 6.04 Å². The largest absolute Gasteiger partial charge is 0.314 e. The molecule has 1 aliphatic heterocycles. The average molecular weight is 236 g/mol. The predicted octanol–water partition coefficient (Wildman–Crippen LogP) is 1.29. The zero-order valence-electron chi connectivity index (χ0n) is 11.3. The molecule has 3 nitrogen and oxygen atoms in total. The van der Waals surface area contributed by atoms with Gasteiger partial charge in [0.1, 0.15) is 0 Å². The van der Waals surface area contributed by atoms with E-state index in [1.54, 1.807) is 0 Å². The van der Waals surface area contributed by atoms with Crippen LogP contribution in [0.2, 0.25) is 0 Å². The molecule has 3 rings (SSSR count). The second-order valence-corrected chi connectivity index (χ2v) is 6.79. The van der Waals surface area contributed by atoms with Gasteiger partial charge in [-0.3, -0.25) is 9.69 Å². The van der Waals surface area contributed by atoms with Gasteiger partial charge in [0.15, 0.2) is 5.78 Å². The average Bonchev–Trinajstić information content (AvgIpc) is 2.62. The Morgan fingerprint density at radius 3 is 2.41 bits per heavy atom. The van der Waals surface area contributed by atoms with Gasteiger partial charge in [-0.15, -0.1) is 0 Å². The van der Waals surface area contributed by atoms with Crippen molar-refractivity contribution in [3.63, 3.8) is 0 Å². The molecule has 1 N–H and O–H groups in total. The van der Waals surface area contributed by atoms with Crippen molar-refractivity contribution in [3.05, 3.63) is 0 Å². The van der Waals surface area contributed by atoms with Crippen molar-refractivity contribution in [2.75, 3.05) is 26.2 Å². The fraction of sp³-hybridized carbons (Fsp3) is 0.929. The van der Waals surface area contributed by atoms with Crippen LogP contribution in [0.25, 0.3) is 0 Å². The van der Waals surface area contributed by atoms with Crippen LogP contribution in [0.15, 0.2) is 0 Å².